The van der Waals surface area contributed by atoms with E-state index in [0.29, 0.717) is 17.9 Å². The van der Waals surface area contributed by atoms with Crippen molar-refractivity contribution >= 4 is 16.6 Å². The van der Waals surface area contributed by atoms with Gasteiger partial charge in [-0.2, -0.15) is 0 Å². The van der Waals surface area contributed by atoms with Gasteiger partial charge in [0, 0.05) is 10.8 Å². The maximum absolute atomic E-state index is 7.48. The van der Waals surface area contributed by atoms with Crippen LogP contribution in [0.25, 0.3) is 0 Å². The molecular formula is C33H58O3Si2. The van der Waals surface area contributed by atoms with Gasteiger partial charge in [0.1, 0.15) is 5.60 Å². The summed E-state index contributed by atoms with van der Waals surface area (Å²) in [7, 11) is -3.85. The number of epoxide rings is 1. The number of fused-ring (bicyclic) bond motifs is 6. The van der Waals surface area contributed by atoms with Crippen LogP contribution in [0.15, 0.2) is 23.3 Å². The molecule has 5 heteroatoms. The summed E-state index contributed by atoms with van der Waals surface area (Å²) in [5.74, 6) is 1.23. The molecular weight excluding hydrogens is 501 g/mol. The zero-order valence-corrected chi connectivity index (χ0v) is 29.0. The first-order valence-corrected chi connectivity index (χ1v) is 21.5. The van der Waals surface area contributed by atoms with Crippen LogP contribution in [0, 0.1) is 22.7 Å². The van der Waals surface area contributed by atoms with Gasteiger partial charge in [-0.05, 0) is 93.5 Å². The van der Waals surface area contributed by atoms with E-state index in [1.807, 2.05) is 0 Å². The van der Waals surface area contributed by atoms with Crippen LogP contribution in [0.5, 0.6) is 0 Å². The number of ether oxygens (including phenoxy) is 1. The van der Waals surface area contributed by atoms with Gasteiger partial charge >= 0.3 is 0 Å². The fourth-order valence-corrected chi connectivity index (χ4v) is 11.3. The molecule has 0 amide bonds. The number of hydrogen-bond acceptors (Lipinski definition) is 3. The Morgan fingerprint density at radius 2 is 1.39 bits per heavy atom. The lowest BCUT2D eigenvalue weighted by Crippen LogP contribution is -2.58. The van der Waals surface area contributed by atoms with E-state index in [2.05, 4.69) is 101 Å². The minimum absolute atomic E-state index is 0.0556. The molecule has 38 heavy (non-hydrogen) atoms. The quantitative estimate of drug-likeness (QED) is 0.254. The maximum atomic E-state index is 7.48. The summed E-state index contributed by atoms with van der Waals surface area (Å²) in [5, 5.41) is 0.405. The molecule has 1 heterocycles. The van der Waals surface area contributed by atoms with Crippen LogP contribution in [0.3, 0.4) is 0 Å². The van der Waals surface area contributed by atoms with Gasteiger partial charge in [0.05, 0.1) is 18.3 Å². The third-order valence-corrected chi connectivity index (χ3v) is 22.3. The molecule has 1 spiro atoms. The standard InChI is InChI=1S/C33H58O3Si2/c1-22-33(34-22)19-17-26-25-15-14-23-20-24(35-37(10,11)29(2,3)4)21-28(36-38(12,13)30(5,6)7)32(23,9)27(25)16-18-31(26,33)8/h14-15,22,24,26-28H,16-21H2,1-13H3/t22?,24-,26?,27?,28+,31+,32+,33+/m1/s1. The number of rotatable bonds is 4. The monoisotopic (exact) mass is 558 g/mol. The van der Waals surface area contributed by atoms with E-state index in [1.54, 1.807) is 11.1 Å². The molecule has 0 aromatic heterocycles. The summed E-state index contributed by atoms with van der Waals surface area (Å²) in [6, 6.07) is 0. The average Bonchev–Trinajstić information content (AvgIpc) is 3.33. The Labute approximate surface area is 236 Å². The molecule has 0 bridgehead atoms. The van der Waals surface area contributed by atoms with Crippen molar-refractivity contribution in [3.63, 3.8) is 0 Å². The average molecular weight is 559 g/mol. The molecule has 0 aromatic carbocycles. The SMILES string of the molecule is CC1O[C@@]12CCC1C3=CC=C4C[C@@H](O[Si](C)(C)C(C)(C)C)C[C@H](O[Si](C)(C)C(C)(C)C)[C@]4(C)C3CC[C@@]12C. The maximum Gasteiger partial charge on any atom is 0.192 e. The number of allylic oxidation sites excluding steroid dienone is 3. The second-order valence-electron chi connectivity index (χ2n) is 17.2. The lowest BCUT2D eigenvalue weighted by Gasteiger charge is -2.59. The minimum atomic E-state index is -1.97. The fourth-order valence-electron chi connectivity index (χ4n) is 8.57. The van der Waals surface area contributed by atoms with Crippen molar-refractivity contribution in [3.05, 3.63) is 23.3 Å². The van der Waals surface area contributed by atoms with Crippen molar-refractivity contribution in [2.24, 2.45) is 22.7 Å². The molecule has 1 saturated heterocycles. The van der Waals surface area contributed by atoms with Crippen LogP contribution in [0.4, 0.5) is 0 Å². The van der Waals surface area contributed by atoms with E-state index in [9.17, 15) is 0 Å². The van der Waals surface area contributed by atoms with Crippen molar-refractivity contribution in [2.75, 3.05) is 0 Å². The first kappa shape index (κ1) is 29.3. The van der Waals surface area contributed by atoms with E-state index in [-0.39, 0.29) is 38.7 Å². The molecule has 1 aliphatic heterocycles. The van der Waals surface area contributed by atoms with Crippen molar-refractivity contribution < 1.29 is 13.6 Å². The summed E-state index contributed by atoms with van der Waals surface area (Å²) < 4.78 is 21.0. The molecule has 216 valence electrons. The Bertz CT molecular complexity index is 1030. The van der Waals surface area contributed by atoms with E-state index < -0.39 is 16.6 Å². The summed E-state index contributed by atoms with van der Waals surface area (Å²) in [5.41, 5.74) is 3.80. The Morgan fingerprint density at radius 1 is 0.842 bits per heavy atom. The molecule has 0 aromatic rings. The Balaban J connectivity index is 1.52. The van der Waals surface area contributed by atoms with E-state index in [4.69, 9.17) is 13.6 Å². The van der Waals surface area contributed by atoms with Gasteiger partial charge in [0.2, 0.25) is 0 Å². The predicted octanol–water partition coefficient (Wildman–Crippen LogP) is 9.42. The molecule has 5 aliphatic rings. The molecule has 3 saturated carbocycles. The van der Waals surface area contributed by atoms with E-state index >= 15 is 0 Å². The first-order valence-electron chi connectivity index (χ1n) is 15.6. The van der Waals surface area contributed by atoms with Crippen LogP contribution in [0.1, 0.15) is 101 Å². The van der Waals surface area contributed by atoms with Crippen LogP contribution in [0.2, 0.25) is 36.3 Å². The molecule has 3 unspecified atom stereocenters. The van der Waals surface area contributed by atoms with Crippen molar-refractivity contribution in [2.45, 2.75) is 161 Å². The Hall–Kier alpha value is -0.206. The summed E-state index contributed by atoms with van der Waals surface area (Å²) in [6.07, 6.45) is 13.1. The highest BCUT2D eigenvalue weighted by Gasteiger charge is 2.72. The van der Waals surface area contributed by atoms with Gasteiger partial charge in [-0.3, -0.25) is 0 Å². The van der Waals surface area contributed by atoms with Gasteiger partial charge in [0.25, 0.3) is 0 Å². The van der Waals surface area contributed by atoms with E-state index in [0.717, 1.165) is 12.8 Å². The highest BCUT2D eigenvalue weighted by atomic mass is 28.4. The third-order valence-electron chi connectivity index (χ3n) is 13.3. The normalized spacial score (nSPS) is 43.2. The molecule has 8 atom stereocenters. The molecule has 4 aliphatic carbocycles. The lowest BCUT2D eigenvalue weighted by atomic mass is 9.49. The van der Waals surface area contributed by atoms with Gasteiger partial charge in [-0.25, -0.2) is 0 Å². The van der Waals surface area contributed by atoms with Gasteiger partial charge in [-0.1, -0.05) is 78.7 Å². The highest BCUT2D eigenvalue weighted by Crippen LogP contribution is 2.72. The third kappa shape index (κ3) is 4.10. The number of hydrogen-bond donors (Lipinski definition) is 0. The van der Waals surface area contributed by atoms with E-state index in [1.165, 1.54) is 25.7 Å². The molecule has 5 rings (SSSR count). The van der Waals surface area contributed by atoms with Gasteiger partial charge < -0.3 is 13.6 Å². The second kappa shape index (κ2) is 8.66. The van der Waals surface area contributed by atoms with Crippen LogP contribution in [-0.4, -0.2) is 40.5 Å². The Morgan fingerprint density at radius 3 is 1.95 bits per heavy atom. The summed E-state index contributed by atoms with van der Waals surface area (Å²) in [4.78, 5) is 0. The second-order valence-corrected chi connectivity index (χ2v) is 26.7. The Kier molecular flexibility index (Phi) is 6.67. The summed E-state index contributed by atoms with van der Waals surface area (Å²) in [6.45, 7) is 31.4. The molecule has 0 radical (unpaired) electrons. The predicted molar refractivity (Wildman–Crippen MR) is 164 cm³/mol. The van der Waals surface area contributed by atoms with Gasteiger partial charge in [0.15, 0.2) is 16.6 Å². The summed E-state index contributed by atoms with van der Waals surface area (Å²) >= 11 is 0. The topological polar surface area (TPSA) is 31.0 Å². The smallest absolute Gasteiger partial charge is 0.192 e. The first-order chi connectivity index (χ1) is 17.2. The zero-order valence-electron chi connectivity index (χ0n) is 27.0. The highest BCUT2D eigenvalue weighted by molar-refractivity contribution is 6.74. The molecule has 4 fully saturated rings. The van der Waals surface area contributed by atoms with Crippen molar-refractivity contribution in [3.8, 4) is 0 Å². The van der Waals surface area contributed by atoms with Crippen LogP contribution < -0.4 is 0 Å². The molecule has 0 N–H and O–H groups in total. The lowest BCUT2D eigenvalue weighted by molar-refractivity contribution is -0.0445. The minimum Gasteiger partial charge on any atom is -0.414 e. The molecule has 3 nitrogen and oxygen atoms in total. The zero-order chi connectivity index (χ0) is 28.3. The van der Waals surface area contributed by atoms with Crippen LogP contribution in [-0.2, 0) is 13.6 Å². The van der Waals surface area contributed by atoms with Crippen molar-refractivity contribution in [1.82, 2.24) is 0 Å². The van der Waals surface area contributed by atoms with Crippen LogP contribution >= 0.6 is 0 Å². The largest absolute Gasteiger partial charge is 0.414 e. The van der Waals surface area contributed by atoms with Gasteiger partial charge in [-0.15, -0.1) is 0 Å². The van der Waals surface area contributed by atoms with Crippen molar-refractivity contribution in [1.29, 1.82) is 0 Å². The fraction of sp³-hybridized carbons (Fsp3) is 0.879.